The Bertz CT molecular complexity index is 1120. The van der Waals surface area contributed by atoms with Gasteiger partial charge in [0.15, 0.2) is 6.10 Å². The zero-order valence-electron chi connectivity index (χ0n) is 42.6. The highest BCUT2D eigenvalue weighted by Gasteiger charge is 2.19. The number of hydrogen-bond donors (Lipinski definition) is 0. The highest BCUT2D eigenvalue weighted by atomic mass is 16.6. The minimum absolute atomic E-state index is 0.0806. The molecule has 0 heterocycles. The molecule has 1 unspecified atom stereocenters. The van der Waals surface area contributed by atoms with Crippen molar-refractivity contribution in [2.75, 3.05) is 13.2 Å². The average Bonchev–Trinajstić information content (AvgIpc) is 3.29. The zero-order chi connectivity index (χ0) is 46.5. The van der Waals surface area contributed by atoms with Crippen molar-refractivity contribution in [2.45, 2.75) is 290 Å². The second kappa shape index (κ2) is 53.0. The van der Waals surface area contributed by atoms with Gasteiger partial charge in [-0.25, -0.2) is 0 Å². The zero-order valence-corrected chi connectivity index (χ0v) is 42.6. The normalized spacial score (nSPS) is 12.4. The van der Waals surface area contributed by atoms with Gasteiger partial charge in [0, 0.05) is 19.3 Å². The highest BCUT2D eigenvalue weighted by Crippen LogP contribution is 2.15. The smallest absolute Gasteiger partial charge is 0.306 e. The van der Waals surface area contributed by atoms with Gasteiger partial charge in [0.25, 0.3) is 0 Å². The van der Waals surface area contributed by atoms with Crippen LogP contribution in [-0.4, -0.2) is 37.2 Å². The van der Waals surface area contributed by atoms with E-state index in [1.165, 1.54) is 167 Å². The van der Waals surface area contributed by atoms with Crippen LogP contribution in [0.25, 0.3) is 0 Å². The van der Waals surface area contributed by atoms with Gasteiger partial charge in [-0.2, -0.15) is 0 Å². The predicted octanol–water partition coefficient (Wildman–Crippen LogP) is 18.3. The van der Waals surface area contributed by atoms with Gasteiger partial charge < -0.3 is 14.2 Å². The number of hydrogen-bond acceptors (Lipinski definition) is 6. The van der Waals surface area contributed by atoms with Crippen molar-refractivity contribution in [2.24, 2.45) is 0 Å². The summed E-state index contributed by atoms with van der Waals surface area (Å²) >= 11 is 0. The van der Waals surface area contributed by atoms with E-state index in [4.69, 9.17) is 14.2 Å². The van der Waals surface area contributed by atoms with Gasteiger partial charge >= 0.3 is 17.9 Å². The Balaban J connectivity index is 4.35. The van der Waals surface area contributed by atoms with Crippen LogP contribution in [0.3, 0.4) is 0 Å². The summed E-state index contributed by atoms with van der Waals surface area (Å²) in [5.74, 6) is -0.893. The first-order valence-corrected chi connectivity index (χ1v) is 27.6. The van der Waals surface area contributed by atoms with Crippen molar-refractivity contribution < 1.29 is 28.6 Å². The first-order valence-electron chi connectivity index (χ1n) is 27.6. The SMILES string of the molecule is CCCC/C=C\CCCCCCCC(=O)OCC(COC(=O)CCCCCCCCC/C=C\C/C=C\CCCCCC)OC(=O)CCCCCCCCC/C=C\CCCCCCCC. The van der Waals surface area contributed by atoms with Gasteiger partial charge in [0.2, 0.25) is 0 Å². The summed E-state index contributed by atoms with van der Waals surface area (Å²) in [6.07, 6.45) is 63.8. The Morgan fingerprint density at radius 3 is 0.938 bits per heavy atom. The molecule has 0 rings (SSSR count). The Morgan fingerprint density at radius 1 is 0.312 bits per heavy atom. The quantitative estimate of drug-likeness (QED) is 0.0262. The van der Waals surface area contributed by atoms with Crippen LogP contribution in [0.1, 0.15) is 284 Å². The van der Waals surface area contributed by atoms with Crippen LogP contribution in [-0.2, 0) is 28.6 Å². The van der Waals surface area contributed by atoms with Gasteiger partial charge in [-0.3, -0.25) is 14.4 Å². The molecule has 0 spiro atoms. The van der Waals surface area contributed by atoms with Crippen molar-refractivity contribution >= 4 is 17.9 Å². The molecule has 372 valence electrons. The van der Waals surface area contributed by atoms with E-state index >= 15 is 0 Å². The lowest BCUT2D eigenvalue weighted by Gasteiger charge is -2.18. The summed E-state index contributed by atoms with van der Waals surface area (Å²) in [6.45, 7) is 6.58. The van der Waals surface area contributed by atoms with Crippen molar-refractivity contribution in [1.82, 2.24) is 0 Å². The first kappa shape index (κ1) is 61.4. The summed E-state index contributed by atoms with van der Waals surface area (Å²) in [7, 11) is 0. The third-order valence-electron chi connectivity index (χ3n) is 12.0. The molecule has 0 saturated heterocycles. The van der Waals surface area contributed by atoms with E-state index in [1.807, 2.05) is 0 Å². The van der Waals surface area contributed by atoms with Crippen molar-refractivity contribution in [3.8, 4) is 0 Å². The van der Waals surface area contributed by atoms with E-state index in [0.717, 1.165) is 77.0 Å². The number of carbonyl (C=O) groups excluding carboxylic acids is 3. The molecule has 6 heteroatoms. The number of carbonyl (C=O) groups is 3. The third-order valence-corrected chi connectivity index (χ3v) is 12.0. The molecule has 0 aliphatic carbocycles. The summed E-state index contributed by atoms with van der Waals surface area (Å²) in [4.78, 5) is 38.0. The molecule has 0 bridgehead atoms. The Hall–Kier alpha value is -2.63. The lowest BCUT2D eigenvalue weighted by molar-refractivity contribution is -0.167. The van der Waals surface area contributed by atoms with Gasteiger partial charge in [0.05, 0.1) is 0 Å². The predicted molar refractivity (Wildman–Crippen MR) is 275 cm³/mol. The molecular formula is C58H104O6. The fourth-order valence-corrected chi connectivity index (χ4v) is 7.80. The van der Waals surface area contributed by atoms with E-state index in [0.29, 0.717) is 19.3 Å². The van der Waals surface area contributed by atoms with E-state index in [-0.39, 0.29) is 31.1 Å². The maximum atomic E-state index is 12.8. The third kappa shape index (κ3) is 50.4. The fourth-order valence-electron chi connectivity index (χ4n) is 7.80. The molecule has 6 nitrogen and oxygen atoms in total. The van der Waals surface area contributed by atoms with Crippen LogP contribution in [0.4, 0.5) is 0 Å². The molecule has 0 aromatic heterocycles. The molecule has 0 aromatic carbocycles. The molecule has 0 radical (unpaired) electrons. The average molecular weight is 897 g/mol. The molecule has 0 fully saturated rings. The number of ether oxygens (including phenoxy) is 3. The lowest BCUT2D eigenvalue weighted by Crippen LogP contribution is -2.30. The number of unbranched alkanes of at least 4 members (excludes halogenated alkanes) is 31. The van der Waals surface area contributed by atoms with Gasteiger partial charge in [-0.1, -0.05) is 217 Å². The van der Waals surface area contributed by atoms with E-state index in [1.54, 1.807) is 0 Å². The molecule has 0 amide bonds. The van der Waals surface area contributed by atoms with Crippen molar-refractivity contribution in [3.63, 3.8) is 0 Å². The molecule has 0 N–H and O–H groups in total. The van der Waals surface area contributed by atoms with Crippen LogP contribution in [0.2, 0.25) is 0 Å². The summed E-state index contributed by atoms with van der Waals surface area (Å²) < 4.78 is 16.8. The topological polar surface area (TPSA) is 78.9 Å². The van der Waals surface area contributed by atoms with E-state index < -0.39 is 6.10 Å². The van der Waals surface area contributed by atoms with Crippen LogP contribution >= 0.6 is 0 Å². The maximum Gasteiger partial charge on any atom is 0.306 e. The Morgan fingerprint density at radius 2 is 0.578 bits per heavy atom. The number of esters is 3. The van der Waals surface area contributed by atoms with E-state index in [2.05, 4.69) is 69.4 Å². The van der Waals surface area contributed by atoms with Crippen LogP contribution in [0.15, 0.2) is 48.6 Å². The summed E-state index contributed by atoms with van der Waals surface area (Å²) in [5.41, 5.74) is 0. The second-order valence-corrected chi connectivity index (χ2v) is 18.5. The molecule has 0 aliphatic rings. The Labute approximate surface area is 397 Å². The first-order chi connectivity index (χ1) is 31.5. The fraction of sp³-hybridized carbons (Fsp3) is 0.810. The number of allylic oxidation sites excluding steroid dienone is 8. The lowest BCUT2D eigenvalue weighted by atomic mass is 10.1. The second-order valence-electron chi connectivity index (χ2n) is 18.5. The molecule has 0 saturated carbocycles. The highest BCUT2D eigenvalue weighted by molar-refractivity contribution is 5.71. The minimum Gasteiger partial charge on any atom is -0.462 e. The largest absolute Gasteiger partial charge is 0.462 e. The minimum atomic E-state index is -0.780. The van der Waals surface area contributed by atoms with Crippen LogP contribution in [0, 0.1) is 0 Å². The molecular weight excluding hydrogens is 793 g/mol. The van der Waals surface area contributed by atoms with Gasteiger partial charge in [-0.05, 0) is 96.3 Å². The Kier molecular flexibility index (Phi) is 50.8. The summed E-state index contributed by atoms with van der Waals surface area (Å²) in [5, 5.41) is 0. The monoisotopic (exact) mass is 897 g/mol. The molecule has 0 aliphatic heterocycles. The van der Waals surface area contributed by atoms with Crippen molar-refractivity contribution in [3.05, 3.63) is 48.6 Å². The van der Waals surface area contributed by atoms with Gasteiger partial charge in [0.1, 0.15) is 13.2 Å². The molecule has 64 heavy (non-hydrogen) atoms. The van der Waals surface area contributed by atoms with Crippen LogP contribution in [0.5, 0.6) is 0 Å². The van der Waals surface area contributed by atoms with Crippen LogP contribution < -0.4 is 0 Å². The molecule has 1 atom stereocenters. The van der Waals surface area contributed by atoms with E-state index in [9.17, 15) is 14.4 Å². The summed E-state index contributed by atoms with van der Waals surface area (Å²) in [6, 6.07) is 0. The number of rotatable bonds is 50. The maximum absolute atomic E-state index is 12.8. The van der Waals surface area contributed by atoms with Crippen molar-refractivity contribution in [1.29, 1.82) is 0 Å². The standard InChI is InChI=1S/C58H104O6/c1-4-7-10-13-16-19-22-24-26-28-30-31-33-36-39-42-45-48-51-57(60)63-54-55(53-62-56(59)50-47-44-41-38-35-21-18-15-12-9-6-3)64-58(61)52-49-46-43-40-37-34-32-29-27-25-23-20-17-14-11-8-5-2/h15,18-19,22,25-28,55H,4-14,16-17,20-21,23-24,29-54H2,1-3H3/b18-15-,22-19-,27-25-,28-26-. The van der Waals surface area contributed by atoms with Gasteiger partial charge in [-0.15, -0.1) is 0 Å². The molecule has 0 aromatic rings.